The Labute approximate surface area is 143 Å². The minimum absolute atomic E-state index is 0.00440. The van der Waals surface area contributed by atoms with E-state index >= 15 is 0 Å². The van der Waals surface area contributed by atoms with Crippen LogP contribution < -0.4 is 5.56 Å². The maximum Gasteiger partial charge on any atom is 0.259 e. The highest BCUT2D eigenvalue weighted by Crippen LogP contribution is 2.28. The lowest BCUT2D eigenvalue weighted by molar-refractivity contribution is 0.0979. The van der Waals surface area contributed by atoms with Gasteiger partial charge in [0.15, 0.2) is 0 Å². The molecule has 5 nitrogen and oxygen atoms in total. The molecule has 2 aromatic heterocycles. The zero-order valence-corrected chi connectivity index (χ0v) is 14.2. The molecule has 0 radical (unpaired) electrons. The molecule has 4 rings (SSSR count). The molecule has 1 aromatic carbocycles. The Hall–Kier alpha value is -2.28. The molecule has 0 amide bonds. The Kier molecular flexibility index (Phi) is 3.83. The van der Waals surface area contributed by atoms with E-state index in [2.05, 4.69) is 5.10 Å². The van der Waals surface area contributed by atoms with Gasteiger partial charge in [-0.15, -0.1) is 0 Å². The minimum atomic E-state index is -2.33. The number of hydrogen-bond donors (Lipinski definition) is 0. The first-order valence-corrected chi connectivity index (χ1v) is 8.43. The number of likely N-dealkylation sites (tertiary alicyclic amines) is 1. The van der Waals surface area contributed by atoms with Crippen LogP contribution in [0.25, 0.3) is 21.8 Å². The summed E-state index contributed by atoms with van der Waals surface area (Å²) in [6, 6.07) is 5.84. The van der Waals surface area contributed by atoms with Gasteiger partial charge in [-0.2, -0.15) is 5.10 Å². The lowest BCUT2D eigenvalue weighted by Gasteiger charge is -2.17. The number of rotatable bonds is 3. The van der Waals surface area contributed by atoms with Crippen LogP contribution in [0, 0.1) is 6.92 Å². The lowest BCUT2D eigenvalue weighted by Crippen LogP contribution is -2.28. The number of aromatic nitrogens is 3. The van der Waals surface area contributed by atoms with Crippen molar-refractivity contribution in [3.05, 3.63) is 40.3 Å². The molecule has 7 heteroatoms. The van der Waals surface area contributed by atoms with Gasteiger partial charge in [0.05, 0.1) is 18.8 Å². The molecule has 3 aromatic rings. The normalized spacial score (nSPS) is 18.8. The van der Waals surface area contributed by atoms with Gasteiger partial charge in [0.25, 0.3) is 12.0 Å². The lowest BCUT2D eigenvalue weighted by atomic mass is 10.1. The van der Waals surface area contributed by atoms with Crippen LogP contribution in [0.15, 0.2) is 29.2 Å². The van der Waals surface area contributed by atoms with Crippen LogP contribution in [-0.4, -0.2) is 45.3 Å². The highest BCUT2D eigenvalue weighted by atomic mass is 19.3. The zero-order valence-electron chi connectivity index (χ0n) is 14.2. The number of aryl methyl sites for hydroxylation is 2. The summed E-state index contributed by atoms with van der Waals surface area (Å²) < 4.78 is 28.7. The molecule has 1 fully saturated rings. The van der Waals surface area contributed by atoms with E-state index < -0.39 is 6.43 Å². The molecule has 132 valence electrons. The van der Waals surface area contributed by atoms with Crippen molar-refractivity contribution in [2.75, 3.05) is 19.6 Å². The van der Waals surface area contributed by atoms with Crippen LogP contribution in [0.4, 0.5) is 8.78 Å². The van der Waals surface area contributed by atoms with Crippen molar-refractivity contribution < 1.29 is 8.78 Å². The van der Waals surface area contributed by atoms with Gasteiger partial charge in [0, 0.05) is 30.9 Å². The van der Waals surface area contributed by atoms with E-state index in [9.17, 15) is 13.6 Å². The molecular formula is C18H20F2N4O. The first kappa shape index (κ1) is 16.2. The highest BCUT2D eigenvalue weighted by molar-refractivity contribution is 6.04. The number of benzene rings is 1. The average molecular weight is 346 g/mol. The maximum atomic E-state index is 12.8. The van der Waals surface area contributed by atoms with Crippen molar-refractivity contribution in [3.63, 3.8) is 0 Å². The second kappa shape index (κ2) is 5.91. The van der Waals surface area contributed by atoms with Crippen molar-refractivity contribution in [3.8, 4) is 0 Å². The zero-order chi connectivity index (χ0) is 17.7. The summed E-state index contributed by atoms with van der Waals surface area (Å²) in [5.74, 6) is 0. The SMILES string of the molecule is Cc1ccc2c(c1)c(=O)n(C)c1c2cnn1C1CCN(CC(F)F)C1. The van der Waals surface area contributed by atoms with Crippen molar-refractivity contribution >= 4 is 21.8 Å². The van der Waals surface area contributed by atoms with Crippen LogP contribution in [0.3, 0.4) is 0 Å². The van der Waals surface area contributed by atoms with Crippen LogP contribution >= 0.6 is 0 Å². The third-order valence-corrected chi connectivity index (χ3v) is 5.08. The third-order valence-electron chi connectivity index (χ3n) is 5.08. The second-order valence-electron chi connectivity index (χ2n) is 6.83. The van der Waals surface area contributed by atoms with E-state index in [1.807, 2.05) is 29.8 Å². The third kappa shape index (κ3) is 2.63. The minimum Gasteiger partial charge on any atom is -0.296 e. The molecular weight excluding hydrogens is 326 g/mol. The Morgan fingerprint density at radius 1 is 1.28 bits per heavy atom. The molecule has 25 heavy (non-hydrogen) atoms. The monoisotopic (exact) mass is 346 g/mol. The fourth-order valence-electron chi connectivity index (χ4n) is 3.87. The molecule has 0 spiro atoms. The predicted octanol–water partition coefficient (Wildman–Crippen LogP) is 2.71. The number of hydrogen-bond acceptors (Lipinski definition) is 3. The quantitative estimate of drug-likeness (QED) is 0.732. The molecule has 3 heterocycles. The Morgan fingerprint density at radius 2 is 2.08 bits per heavy atom. The summed E-state index contributed by atoms with van der Waals surface area (Å²) in [7, 11) is 1.75. The molecule has 1 unspecified atom stereocenters. The smallest absolute Gasteiger partial charge is 0.259 e. The Morgan fingerprint density at radius 3 is 2.84 bits per heavy atom. The fourth-order valence-corrected chi connectivity index (χ4v) is 3.87. The average Bonchev–Trinajstić information content (AvgIpc) is 3.18. The Balaban J connectivity index is 1.84. The first-order valence-electron chi connectivity index (χ1n) is 8.43. The summed E-state index contributed by atoms with van der Waals surface area (Å²) in [4.78, 5) is 14.5. The predicted molar refractivity (Wildman–Crippen MR) is 93.3 cm³/mol. The van der Waals surface area contributed by atoms with Gasteiger partial charge in [0.2, 0.25) is 0 Å². The summed E-state index contributed by atoms with van der Waals surface area (Å²) in [6.45, 7) is 2.90. The molecule has 0 aliphatic carbocycles. The van der Waals surface area contributed by atoms with Gasteiger partial charge in [0.1, 0.15) is 5.65 Å². The number of halogens is 2. The van der Waals surface area contributed by atoms with E-state index in [4.69, 9.17) is 0 Å². The van der Waals surface area contributed by atoms with Crippen LogP contribution in [0.5, 0.6) is 0 Å². The molecule has 0 N–H and O–H groups in total. The molecule has 1 saturated heterocycles. The van der Waals surface area contributed by atoms with Crippen LogP contribution in [0.1, 0.15) is 18.0 Å². The maximum absolute atomic E-state index is 12.8. The van der Waals surface area contributed by atoms with Gasteiger partial charge in [-0.05, 0) is 24.8 Å². The van der Waals surface area contributed by atoms with Crippen LogP contribution in [-0.2, 0) is 7.05 Å². The molecule has 1 atom stereocenters. The van der Waals surface area contributed by atoms with Crippen molar-refractivity contribution in [2.24, 2.45) is 7.05 Å². The number of fused-ring (bicyclic) bond motifs is 3. The van der Waals surface area contributed by atoms with Crippen LogP contribution in [0.2, 0.25) is 0 Å². The van der Waals surface area contributed by atoms with Gasteiger partial charge >= 0.3 is 0 Å². The molecule has 0 bridgehead atoms. The molecule has 0 saturated carbocycles. The van der Waals surface area contributed by atoms with Crippen molar-refractivity contribution in [2.45, 2.75) is 25.8 Å². The van der Waals surface area contributed by atoms with E-state index in [1.165, 1.54) is 0 Å². The van der Waals surface area contributed by atoms with E-state index in [1.54, 1.807) is 22.7 Å². The number of nitrogens with zero attached hydrogens (tertiary/aromatic N) is 4. The van der Waals surface area contributed by atoms with Crippen molar-refractivity contribution in [1.82, 2.24) is 19.2 Å². The summed E-state index contributed by atoms with van der Waals surface area (Å²) >= 11 is 0. The van der Waals surface area contributed by atoms with Gasteiger partial charge < -0.3 is 0 Å². The highest BCUT2D eigenvalue weighted by Gasteiger charge is 2.28. The van der Waals surface area contributed by atoms with Gasteiger partial charge in [-0.25, -0.2) is 13.5 Å². The summed E-state index contributed by atoms with van der Waals surface area (Å²) in [5, 5.41) is 7.00. The standard InChI is InChI=1S/C18H20F2N4O/c1-11-3-4-13-14(7-11)18(25)22(2)17-15(13)8-21-24(17)12-5-6-23(9-12)10-16(19)20/h3-4,7-8,12,16H,5-6,9-10H2,1-2H3. The molecule has 1 aliphatic rings. The van der Waals surface area contributed by atoms with E-state index in [0.717, 1.165) is 28.4 Å². The number of alkyl halides is 2. The van der Waals surface area contributed by atoms with Gasteiger partial charge in [-0.1, -0.05) is 17.7 Å². The fraction of sp³-hybridized carbons (Fsp3) is 0.444. The van der Waals surface area contributed by atoms with Crippen molar-refractivity contribution in [1.29, 1.82) is 0 Å². The first-order chi connectivity index (χ1) is 12.0. The van der Waals surface area contributed by atoms with Gasteiger partial charge in [-0.3, -0.25) is 14.3 Å². The summed E-state index contributed by atoms with van der Waals surface area (Å²) in [6.07, 6.45) is 0.205. The summed E-state index contributed by atoms with van der Waals surface area (Å²) in [5.41, 5.74) is 1.73. The topological polar surface area (TPSA) is 43.1 Å². The number of pyridine rings is 1. The largest absolute Gasteiger partial charge is 0.296 e. The molecule has 1 aliphatic heterocycles. The second-order valence-corrected chi connectivity index (χ2v) is 6.83. The Bertz CT molecular complexity index is 1010. The van der Waals surface area contributed by atoms with E-state index in [-0.39, 0.29) is 18.1 Å². The van der Waals surface area contributed by atoms with E-state index in [0.29, 0.717) is 18.5 Å².